The summed E-state index contributed by atoms with van der Waals surface area (Å²) in [6.45, 7) is 3.27. The van der Waals surface area contributed by atoms with Crippen LogP contribution in [0.5, 0.6) is 0 Å². The van der Waals surface area contributed by atoms with E-state index < -0.39 is 22.9 Å². The summed E-state index contributed by atoms with van der Waals surface area (Å²) in [5.74, 6) is 0.514. The second kappa shape index (κ2) is 8.28. The minimum absolute atomic E-state index is 0.192. The van der Waals surface area contributed by atoms with E-state index in [0.717, 1.165) is 29.4 Å². The third kappa shape index (κ3) is 4.32. The molecule has 0 aliphatic carbocycles. The molecule has 0 bridgehead atoms. The van der Waals surface area contributed by atoms with Crippen LogP contribution < -0.4 is 4.65 Å². The smallest absolute Gasteiger partial charge is 0.339 e. The lowest BCUT2D eigenvalue weighted by Crippen LogP contribution is -2.51. The number of esters is 1. The van der Waals surface area contributed by atoms with Gasteiger partial charge >= 0.3 is 11.1 Å². The van der Waals surface area contributed by atoms with Gasteiger partial charge in [0, 0.05) is 12.4 Å². The van der Waals surface area contributed by atoms with Gasteiger partial charge in [-0.25, -0.2) is 9.69 Å². The summed E-state index contributed by atoms with van der Waals surface area (Å²) in [5, 5.41) is 22.0. The van der Waals surface area contributed by atoms with E-state index in [9.17, 15) is 10.0 Å². The van der Waals surface area contributed by atoms with Crippen LogP contribution in [0, 0.1) is 5.21 Å². The zero-order valence-corrected chi connectivity index (χ0v) is 16.2. The summed E-state index contributed by atoms with van der Waals surface area (Å²) in [7, 11) is 1.84. The Balaban J connectivity index is 1.69. The van der Waals surface area contributed by atoms with Crippen LogP contribution in [-0.2, 0) is 14.3 Å². The van der Waals surface area contributed by atoms with Crippen LogP contribution in [0.4, 0.5) is 5.13 Å². The number of hydroxylamine groups is 2. The van der Waals surface area contributed by atoms with Gasteiger partial charge < -0.3 is 14.7 Å². The molecule has 0 aromatic carbocycles. The molecule has 3 rings (SSSR count). The maximum absolute atomic E-state index is 13.4. The Kier molecular flexibility index (Phi) is 6.29. The Morgan fingerprint density at radius 3 is 3.12 bits per heavy atom. The topological polar surface area (TPSA) is 87.6 Å². The third-order valence-electron chi connectivity index (χ3n) is 4.27. The summed E-state index contributed by atoms with van der Waals surface area (Å²) in [6.07, 6.45) is 2.33. The number of thioether (sulfide) groups is 1. The first-order valence-electron chi connectivity index (χ1n) is 8.59. The average molecular weight is 389 g/mol. The largest absolute Gasteiger partial charge is 0.622 e. The summed E-state index contributed by atoms with van der Waals surface area (Å²) in [5.41, 5.74) is 0. The van der Waals surface area contributed by atoms with Gasteiger partial charge in [0.05, 0.1) is 6.54 Å². The normalized spacial score (nSPS) is 30.0. The second-order valence-corrected chi connectivity index (χ2v) is 8.72. The van der Waals surface area contributed by atoms with E-state index in [1.807, 2.05) is 11.9 Å². The average Bonchev–Trinajstić information content (AvgIpc) is 3.30. The molecule has 0 spiro atoms. The molecule has 1 aromatic rings. The number of hydrogen-bond acceptors (Lipinski definition) is 9. The molecule has 2 aliphatic rings. The van der Waals surface area contributed by atoms with Gasteiger partial charge in [-0.05, 0) is 37.6 Å². The van der Waals surface area contributed by atoms with Gasteiger partial charge in [-0.3, -0.25) is 4.65 Å². The maximum atomic E-state index is 13.4. The van der Waals surface area contributed by atoms with Crippen molar-refractivity contribution in [2.45, 2.75) is 49.3 Å². The van der Waals surface area contributed by atoms with Crippen molar-refractivity contribution in [3.05, 3.63) is 5.21 Å². The minimum Gasteiger partial charge on any atom is -0.622 e. The van der Waals surface area contributed by atoms with E-state index >= 15 is 0 Å². The van der Waals surface area contributed by atoms with E-state index in [2.05, 4.69) is 17.1 Å². The van der Waals surface area contributed by atoms with E-state index in [1.165, 1.54) is 11.3 Å². The van der Waals surface area contributed by atoms with Crippen LogP contribution in [0.25, 0.3) is 0 Å². The standard InChI is InChI=1S/C15H24N4O4S2/c1-3-4-8-24-15-17-16-14(25-15)19(21)10-18(2)9-12(19)23-13(20)11-6-5-7-22-11/h11-12H,3-10H2,1-2H3. The molecule has 3 atom stereocenters. The Morgan fingerprint density at radius 1 is 1.56 bits per heavy atom. The monoisotopic (exact) mass is 388 g/mol. The highest BCUT2D eigenvalue weighted by atomic mass is 32.2. The van der Waals surface area contributed by atoms with Crippen LogP contribution in [0.3, 0.4) is 0 Å². The Labute approximate surface area is 155 Å². The summed E-state index contributed by atoms with van der Waals surface area (Å²) < 4.78 is 10.9. The van der Waals surface area contributed by atoms with Gasteiger partial charge in [-0.2, -0.15) is 0 Å². The van der Waals surface area contributed by atoms with Gasteiger partial charge in [0.15, 0.2) is 10.4 Å². The lowest BCUT2D eigenvalue weighted by Gasteiger charge is -2.38. The van der Waals surface area contributed by atoms with Gasteiger partial charge in [0.2, 0.25) is 0 Å². The number of ether oxygens (including phenoxy) is 2. The first-order chi connectivity index (χ1) is 12.0. The van der Waals surface area contributed by atoms with Crippen molar-refractivity contribution in [3.63, 3.8) is 0 Å². The van der Waals surface area contributed by atoms with Crippen molar-refractivity contribution < 1.29 is 14.3 Å². The highest BCUT2D eigenvalue weighted by Crippen LogP contribution is 2.37. The molecule has 2 saturated heterocycles. The highest BCUT2D eigenvalue weighted by Gasteiger charge is 2.46. The van der Waals surface area contributed by atoms with Gasteiger partial charge in [-0.1, -0.05) is 30.2 Å². The van der Waals surface area contributed by atoms with Crippen LogP contribution in [-0.4, -0.2) is 66.0 Å². The van der Waals surface area contributed by atoms with Crippen molar-refractivity contribution in [2.75, 3.05) is 32.6 Å². The fourth-order valence-corrected chi connectivity index (χ4v) is 4.97. The van der Waals surface area contributed by atoms with Crippen LogP contribution in [0.15, 0.2) is 4.34 Å². The molecular weight excluding hydrogens is 364 g/mol. The summed E-state index contributed by atoms with van der Waals surface area (Å²) in [4.78, 5) is 14.1. The van der Waals surface area contributed by atoms with Crippen molar-refractivity contribution in [2.24, 2.45) is 0 Å². The Hall–Kier alpha value is -0.780. The van der Waals surface area contributed by atoms with Gasteiger partial charge in [-0.15, -0.1) is 5.10 Å². The molecule has 10 heteroatoms. The minimum atomic E-state index is -0.830. The van der Waals surface area contributed by atoms with Gasteiger partial charge in [0.1, 0.15) is 6.67 Å². The predicted octanol–water partition coefficient (Wildman–Crippen LogP) is 2.19. The molecule has 8 nitrogen and oxygen atoms in total. The zero-order valence-electron chi connectivity index (χ0n) is 14.5. The molecule has 140 valence electrons. The number of aromatic nitrogens is 2. The number of carbonyl (C=O) groups excluding carboxylic acids is 1. The van der Waals surface area contributed by atoms with Crippen molar-refractivity contribution in [3.8, 4) is 0 Å². The van der Waals surface area contributed by atoms with E-state index in [0.29, 0.717) is 24.7 Å². The molecule has 0 saturated carbocycles. The number of quaternary nitrogens is 1. The first kappa shape index (κ1) is 19.0. The van der Waals surface area contributed by atoms with E-state index in [4.69, 9.17) is 9.47 Å². The summed E-state index contributed by atoms with van der Waals surface area (Å²) in [6, 6.07) is 0. The molecule has 3 unspecified atom stereocenters. The third-order valence-corrected chi connectivity index (χ3v) is 6.53. The molecule has 2 aliphatic heterocycles. The van der Waals surface area contributed by atoms with Crippen molar-refractivity contribution in [1.82, 2.24) is 19.7 Å². The van der Waals surface area contributed by atoms with E-state index in [-0.39, 0.29) is 6.67 Å². The molecule has 1 aromatic heterocycles. The summed E-state index contributed by atoms with van der Waals surface area (Å²) >= 11 is 2.91. The zero-order chi connectivity index (χ0) is 17.9. The van der Waals surface area contributed by atoms with Crippen molar-refractivity contribution >= 4 is 34.2 Å². The molecule has 25 heavy (non-hydrogen) atoms. The Morgan fingerprint density at radius 2 is 2.40 bits per heavy atom. The SMILES string of the molecule is CCCCSc1nnc([N+]2([O-])CN(C)CC2OC(=O)C2CCCO2)s1. The van der Waals surface area contributed by atoms with Crippen LogP contribution >= 0.6 is 23.1 Å². The number of likely N-dealkylation sites (N-methyl/N-ethyl adjacent to an activating group) is 1. The lowest BCUT2D eigenvalue weighted by atomic mass is 10.2. The number of rotatable bonds is 7. The van der Waals surface area contributed by atoms with E-state index in [1.54, 1.807) is 11.8 Å². The quantitative estimate of drug-likeness (QED) is 0.231. The number of unbranched alkanes of at least 4 members (excludes halogenated alkanes) is 1. The number of hydrogen-bond donors (Lipinski definition) is 0. The maximum Gasteiger partial charge on any atom is 0.339 e. The predicted molar refractivity (Wildman–Crippen MR) is 97.1 cm³/mol. The molecule has 3 heterocycles. The van der Waals surface area contributed by atoms with Crippen LogP contribution in [0.1, 0.15) is 32.6 Å². The lowest BCUT2D eigenvalue weighted by molar-refractivity contribution is -0.164. The molecule has 0 amide bonds. The number of nitrogens with zero attached hydrogens (tertiary/aromatic N) is 4. The molecule has 2 fully saturated rings. The number of carbonyl (C=O) groups is 1. The van der Waals surface area contributed by atoms with Crippen molar-refractivity contribution in [1.29, 1.82) is 0 Å². The molecular formula is C15H24N4O4S2. The van der Waals surface area contributed by atoms with Crippen LogP contribution in [0.2, 0.25) is 0 Å². The Bertz CT molecular complexity index is 596. The fraction of sp³-hybridized carbons (Fsp3) is 0.800. The highest BCUT2D eigenvalue weighted by molar-refractivity contribution is 8.01. The molecule has 0 radical (unpaired) electrons. The fourth-order valence-electron chi connectivity index (χ4n) is 2.90. The molecule has 0 N–H and O–H groups in total. The second-order valence-electron chi connectivity index (χ2n) is 6.42. The van der Waals surface area contributed by atoms with Gasteiger partial charge in [0.25, 0.3) is 6.23 Å². The first-order valence-corrected chi connectivity index (χ1v) is 10.4.